The van der Waals surface area contributed by atoms with Gasteiger partial charge in [0.2, 0.25) is 0 Å². The lowest BCUT2D eigenvalue weighted by Gasteiger charge is -2.28. The summed E-state index contributed by atoms with van der Waals surface area (Å²) in [7, 11) is 0. The predicted octanol–water partition coefficient (Wildman–Crippen LogP) is 5.09. The zero-order valence-electron chi connectivity index (χ0n) is 18.1. The molecule has 5 nitrogen and oxygen atoms in total. The summed E-state index contributed by atoms with van der Waals surface area (Å²) in [6.45, 7) is 3.29. The van der Waals surface area contributed by atoms with Crippen molar-refractivity contribution in [2.45, 2.75) is 44.9 Å². The third kappa shape index (κ3) is 4.95. The van der Waals surface area contributed by atoms with Crippen LogP contribution in [0.5, 0.6) is 0 Å². The van der Waals surface area contributed by atoms with Gasteiger partial charge in [0.05, 0.1) is 22.7 Å². The van der Waals surface area contributed by atoms with Gasteiger partial charge in [0.15, 0.2) is 5.82 Å². The second-order valence-electron chi connectivity index (χ2n) is 8.54. The van der Waals surface area contributed by atoms with Crippen molar-refractivity contribution in [2.75, 3.05) is 13.1 Å². The Balaban J connectivity index is 1.23. The number of benzene rings is 1. The van der Waals surface area contributed by atoms with Crippen LogP contribution in [0.15, 0.2) is 53.8 Å². The van der Waals surface area contributed by atoms with Crippen LogP contribution < -0.4 is 0 Å². The monoisotopic (exact) mass is 451 g/mol. The molecule has 1 aromatic carbocycles. The van der Waals surface area contributed by atoms with Crippen molar-refractivity contribution in [3.63, 3.8) is 0 Å². The Hall–Kier alpha value is -3.13. The first-order chi connectivity index (χ1) is 16.0. The quantitative estimate of drug-likeness (QED) is 0.555. The van der Waals surface area contributed by atoms with Crippen LogP contribution in [0.3, 0.4) is 0 Å². The van der Waals surface area contributed by atoms with Crippen molar-refractivity contribution in [3.05, 3.63) is 77.0 Å². The minimum Gasteiger partial charge on any atom is -0.294 e. The van der Waals surface area contributed by atoms with Crippen molar-refractivity contribution in [3.8, 4) is 11.3 Å². The van der Waals surface area contributed by atoms with Crippen LogP contribution in [0, 0.1) is 0 Å². The molecule has 0 saturated heterocycles. The zero-order chi connectivity index (χ0) is 22.8. The van der Waals surface area contributed by atoms with Crippen molar-refractivity contribution in [2.24, 2.45) is 4.99 Å². The van der Waals surface area contributed by atoms with E-state index in [0.29, 0.717) is 11.3 Å². The van der Waals surface area contributed by atoms with Gasteiger partial charge < -0.3 is 0 Å². The van der Waals surface area contributed by atoms with Crippen LogP contribution >= 0.6 is 0 Å². The molecule has 0 bridgehead atoms. The van der Waals surface area contributed by atoms with Crippen molar-refractivity contribution >= 4 is 5.71 Å². The molecule has 8 heteroatoms. The van der Waals surface area contributed by atoms with Gasteiger partial charge in [0, 0.05) is 56.1 Å². The highest BCUT2D eigenvalue weighted by Crippen LogP contribution is 2.30. The summed E-state index contributed by atoms with van der Waals surface area (Å²) < 4.78 is 38.3. The van der Waals surface area contributed by atoms with E-state index >= 15 is 0 Å². The van der Waals surface area contributed by atoms with Crippen molar-refractivity contribution in [1.29, 1.82) is 0 Å². The fourth-order valence-corrected chi connectivity index (χ4v) is 4.31. The lowest BCUT2D eigenvalue weighted by Crippen LogP contribution is -2.31. The maximum atomic E-state index is 12.8. The molecule has 0 atom stereocenters. The van der Waals surface area contributed by atoms with Gasteiger partial charge in [0.25, 0.3) is 0 Å². The molecule has 0 spiro atoms. The largest absolute Gasteiger partial charge is 0.416 e. The summed E-state index contributed by atoms with van der Waals surface area (Å²) in [5.74, 6) is 0.782. The van der Waals surface area contributed by atoms with E-state index in [9.17, 15) is 13.2 Å². The Morgan fingerprint density at radius 1 is 0.909 bits per heavy atom. The molecule has 0 aliphatic carbocycles. The van der Waals surface area contributed by atoms with Gasteiger partial charge in [0.1, 0.15) is 0 Å². The molecule has 2 aromatic heterocycles. The smallest absolute Gasteiger partial charge is 0.294 e. The minimum atomic E-state index is -4.33. The van der Waals surface area contributed by atoms with Gasteiger partial charge in [-0.15, -0.1) is 0 Å². The lowest BCUT2D eigenvalue weighted by molar-refractivity contribution is -0.137. The van der Waals surface area contributed by atoms with Crippen LogP contribution in [0.2, 0.25) is 0 Å². The van der Waals surface area contributed by atoms with Gasteiger partial charge in [-0.25, -0.2) is 9.97 Å². The predicted molar refractivity (Wildman–Crippen MR) is 120 cm³/mol. The molecule has 2 aliphatic rings. The number of nitrogens with zero attached hydrogens (tertiary/aromatic N) is 5. The highest BCUT2D eigenvalue weighted by molar-refractivity contribution is 5.97. The summed E-state index contributed by atoms with van der Waals surface area (Å²) in [5, 5.41) is 0. The molecule has 33 heavy (non-hydrogen) atoms. The van der Waals surface area contributed by atoms with Gasteiger partial charge in [-0.2, -0.15) is 13.2 Å². The average molecular weight is 451 g/mol. The molecule has 3 aromatic rings. The first kappa shape index (κ1) is 21.7. The van der Waals surface area contributed by atoms with Crippen LogP contribution in [0.25, 0.3) is 11.3 Å². The van der Waals surface area contributed by atoms with E-state index in [1.54, 1.807) is 6.20 Å². The third-order valence-corrected chi connectivity index (χ3v) is 6.13. The molecule has 0 N–H and O–H groups in total. The first-order valence-electron chi connectivity index (χ1n) is 11.2. The molecule has 4 heterocycles. The number of rotatable bonds is 4. The minimum absolute atomic E-state index is 0.656. The van der Waals surface area contributed by atoms with Gasteiger partial charge in [-0.3, -0.25) is 14.9 Å². The third-order valence-electron chi connectivity index (χ3n) is 6.13. The van der Waals surface area contributed by atoms with Crippen molar-refractivity contribution in [1.82, 2.24) is 19.9 Å². The van der Waals surface area contributed by atoms with E-state index in [-0.39, 0.29) is 0 Å². The summed E-state index contributed by atoms with van der Waals surface area (Å²) in [4.78, 5) is 20.8. The Morgan fingerprint density at radius 2 is 1.76 bits per heavy atom. The van der Waals surface area contributed by atoms with E-state index in [2.05, 4.69) is 19.9 Å². The zero-order valence-corrected chi connectivity index (χ0v) is 18.1. The summed E-state index contributed by atoms with van der Waals surface area (Å²) in [5.41, 5.74) is 5.01. The molecular weight excluding hydrogens is 427 g/mol. The maximum absolute atomic E-state index is 12.8. The lowest BCUT2D eigenvalue weighted by atomic mass is 10.0. The molecule has 2 aliphatic heterocycles. The Morgan fingerprint density at radius 3 is 2.45 bits per heavy atom. The molecule has 0 fully saturated rings. The van der Waals surface area contributed by atoms with Crippen LogP contribution in [0.4, 0.5) is 13.2 Å². The Bertz CT molecular complexity index is 1150. The summed E-state index contributed by atoms with van der Waals surface area (Å²) in [6.07, 6.45) is 3.52. The van der Waals surface area contributed by atoms with E-state index in [4.69, 9.17) is 4.98 Å². The van der Waals surface area contributed by atoms with Gasteiger partial charge in [-0.05, 0) is 43.0 Å². The maximum Gasteiger partial charge on any atom is 0.416 e. The van der Waals surface area contributed by atoms with Crippen LogP contribution in [-0.4, -0.2) is 38.7 Å². The fourth-order valence-electron chi connectivity index (χ4n) is 4.31. The van der Waals surface area contributed by atoms with E-state index in [0.717, 1.165) is 92.4 Å². The standard InChI is InChI=1S/C25H24F3N5/c26-25(27,28)20-7-5-18(6-8-20)21-9-4-17(13-30-21)15-33-12-10-22-19(16-33)14-31-24(32-22)23-3-1-2-11-29-23/h4-9,13-14H,1-3,10-12,15-16H2. The second-order valence-corrected chi connectivity index (χ2v) is 8.54. The average Bonchev–Trinajstić information content (AvgIpc) is 2.84. The SMILES string of the molecule is FC(F)(F)c1ccc(-c2ccc(CN3CCc4nc(C5=NCCCC5)ncc4C3)cn2)cc1. The van der Waals surface area contributed by atoms with Gasteiger partial charge in [-0.1, -0.05) is 18.2 Å². The normalized spacial score (nSPS) is 16.9. The van der Waals surface area contributed by atoms with E-state index in [1.165, 1.54) is 12.1 Å². The number of halogens is 3. The molecule has 5 rings (SSSR count). The van der Waals surface area contributed by atoms with Crippen LogP contribution in [-0.2, 0) is 25.7 Å². The Kier molecular flexibility index (Phi) is 5.93. The highest BCUT2D eigenvalue weighted by Gasteiger charge is 2.30. The number of pyridine rings is 1. The van der Waals surface area contributed by atoms with E-state index in [1.807, 2.05) is 18.3 Å². The number of hydrogen-bond donors (Lipinski definition) is 0. The molecule has 0 amide bonds. The molecular formula is C25H24F3N5. The second kappa shape index (κ2) is 9.02. The number of alkyl halides is 3. The number of hydrogen-bond acceptors (Lipinski definition) is 5. The molecule has 0 saturated carbocycles. The molecule has 0 unspecified atom stereocenters. The number of aromatic nitrogens is 3. The molecule has 0 radical (unpaired) electrons. The topological polar surface area (TPSA) is 54.3 Å². The van der Waals surface area contributed by atoms with Crippen molar-refractivity contribution < 1.29 is 13.2 Å². The fraction of sp³-hybridized carbons (Fsp3) is 0.360. The molecule has 170 valence electrons. The highest BCUT2D eigenvalue weighted by atomic mass is 19.4. The van der Waals surface area contributed by atoms with Gasteiger partial charge >= 0.3 is 6.18 Å². The van der Waals surface area contributed by atoms with Crippen LogP contribution in [0.1, 0.15) is 47.5 Å². The number of aliphatic imine (C=N–C) groups is 1. The summed E-state index contributed by atoms with van der Waals surface area (Å²) in [6, 6.07) is 8.93. The number of fused-ring (bicyclic) bond motifs is 1. The Labute approximate surface area is 190 Å². The van der Waals surface area contributed by atoms with E-state index < -0.39 is 11.7 Å². The summed E-state index contributed by atoms with van der Waals surface area (Å²) >= 11 is 0. The first-order valence-corrected chi connectivity index (χ1v) is 11.2.